The van der Waals surface area contributed by atoms with E-state index in [9.17, 15) is 4.79 Å². The number of hydrogen-bond donors (Lipinski definition) is 0. The molecule has 0 heterocycles. The number of benzene rings is 3. The fourth-order valence-corrected chi connectivity index (χ4v) is 2.33. The Kier molecular flexibility index (Phi) is 2.49. The Labute approximate surface area is 105 Å². The van der Waals surface area contributed by atoms with Crippen molar-refractivity contribution in [2.24, 2.45) is 0 Å². The van der Waals surface area contributed by atoms with Crippen molar-refractivity contribution in [1.82, 2.24) is 0 Å². The molecular weight excluding hydrogens is 224 g/mol. The van der Waals surface area contributed by atoms with Crippen molar-refractivity contribution in [2.45, 2.75) is 0 Å². The van der Waals surface area contributed by atoms with Crippen molar-refractivity contribution in [3.8, 4) is 0 Å². The monoisotopic (exact) mass is 236 g/mol. The zero-order valence-corrected chi connectivity index (χ0v) is 10.0. The fraction of sp³-hybridized carbons (Fsp3) is 0.0625. The zero-order valence-electron chi connectivity index (χ0n) is 10.0. The lowest BCUT2D eigenvalue weighted by molar-refractivity contribution is 0.0603. The third-order valence-electron chi connectivity index (χ3n) is 3.19. The molecule has 0 N–H and O–H groups in total. The Morgan fingerprint density at radius 3 is 2.44 bits per heavy atom. The molecule has 3 rings (SSSR count). The highest BCUT2D eigenvalue weighted by Gasteiger charge is 2.10. The van der Waals surface area contributed by atoms with Crippen molar-refractivity contribution in [2.75, 3.05) is 7.11 Å². The van der Waals surface area contributed by atoms with Crippen molar-refractivity contribution in [3.05, 3.63) is 60.2 Å². The van der Waals surface area contributed by atoms with E-state index >= 15 is 0 Å². The third kappa shape index (κ3) is 1.54. The molecule has 2 nitrogen and oxygen atoms in total. The second kappa shape index (κ2) is 4.15. The largest absolute Gasteiger partial charge is 0.465 e. The van der Waals surface area contributed by atoms with Crippen LogP contribution in [0.4, 0.5) is 0 Å². The summed E-state index contributed by atoms with van der Waals surface area (Å²) in [4.78, 5) is 11.7. The van der Waals surface area contributed by atoms with Gasteiger partial charge in [0.25, 0.3) is 0 Å². The van der Waals surface area contributed by atoms with E-state index in [1.807, 2.05) is 36.4 Å². The predicted octanol–water partition coefficient (Wildman–Crippen LogP) is 3.78. The summed E-state index contributed by atoms with van der Waals surface area (Å²) in [5.41, 5.74) is 0.612. The molecule has 0 unspecified atom stereocenters. The van der Waals surface area contributed by atoms with E-state index in [1.165, 1.54) is 12.5 Å². The Morgan fingerprint density at radius 1 is 0.833 bits per heavy atom. The second-order valence-electron chi connectivity index (χ2n) is 4.18. The molecule has 0 saturated heterocycles. The van der Waals surface area contributed by atoms with Gasteiger partial charge in [-0.2, -0.15) is 0 Å². The molecule has 0 spiro atoms. The van der Waals surface area contributed by atoms with Gasteiger partial charge < -0.3 is 4.74 Å². The summed E-state index contributed by atoms with van der Waals surface area (Å²) in [6.07, 6.45) is 0. The van der Waals surface area contributed by atoms with Gasteiger partial charge in [-0.3, -0.25) is 0 Å². The summed E-state index contributed by atoms with van der Waals surface area (Å²) in [5.74, 6) is -0.295. The standard InChI is InChI=1S/C16H12O2/c1-18-16(17)15-8-4-7-13-12-6-3-2-5-11(12)9-10-14(13)15/h2-10H,1H3. The van der Waals surface area contributed by atoms with Gasteiger partial charge in [-0.1, -0.05) is 48.5 Å². The van der Waals surface area contributed by atoms with Gasteiger partial charge in [0.05, 0.1) is 12.7 Å². The molecule has 2 heteroatoms. The van der Waals surface area contributed by atoms with Gasteiger partial charge in [-0.15, -0.1) is 0 Å². The summed E-state index contributed by atoms with van der Waals surface area (Å²) < 4.78 is 4.82. The number of rotatable bonds is 1. The van der Waals surface area contributed by atoms with Crippen LogP contribution >= 0.6 is 0 Å². The molecule has 0 amide bonds. The lowest BCUT2D eigenvalue weighted by Gasteiger charge is -2.07. The summed E-state index contributed by atoms with van der Waals surface area (Å²) in [5, 5.41) is 4.34. The first-order valence-corrected chi connectivity index (χ1v) is 5.80. The fourth-order valence-electron chi connectivity index (χ4n) is 2.33. The number of carbonyl (C=O) groups is 1. The van der Waals surface area contributed by atoms with Crippen LogP contribution in [0.5, 0.6) is 0 Å². The molecule has 0 fully saturated rings. The van der Waals surface area contributed by atoms with Crippen molar-refractivity contribution < 1.29 is 9.53 Å². The molecule has 88 valence electrons. The lowest BCUT2D eigenvalue weighted by Crippen LogP contribution is -2.01. The number of ether oxygens (including phenoxy) is 1. The maximum atomic E-state index is 11.7. The van der Waals surface area contributed by atoms with Crippen LogP contribution in [-0.2, 0) is 4.74 Å². The lowest BCUT2D eigenvalue weighted by atomic mass is 9.98. The average molecular weight is 236 g/mol. The molecule has 0 saturated carbocycles. The van der Waals surface area contributed by atoms with Crippen LogP contribution in [0, 0.1) is 0 Å². The van der Waals surface area contributed by atoms with E-state index in [1.54, 1.807) is 6.07 Å². The topological polar surface area (TPSA) is 26.3 Å². The molecule has 3 aromatic carbocycles. The number of esters is 1. The van der Waals surface area contributed by atoms with Crippen LogP contribution < -0.4 is 0 Å². The van der Waals surface area contributed by atoms with Crippen LogP contribution in [0.2, 0.25) is 0 Å². The van der Waals surface area contributed by atoms with Crippen LogP contribution in [0.3, 0.4) is 0 Å². The zero-order chi connectivity index (χ0) is 12.5. The molecule has 0 aliphatic rings. The SMILES string of the molecule is COC(=O)c1cccc2c1ccc1ccccc12. The van der Waals surface area contributed by atoms with Crippen molar-refractivity contribution in [1.29, 1.82) is 0 Å². The Bertz CT molecular complexity index is 744. The van der Waals surface area contributed by atoms with Gasteiger partial charge in [0.2, 0.25) is 0 Å². The Morgan fingerprint density at radius 2 is 1.61 bits per heavy atom. The maximum absolute atomic E-state index is 11.7. The van der Waals surface area contributed by atoms with Crippen LogP contribution in [0.1, 0.15) is 10.4 Å². The minimum atomic E-state index is -0.295. The molecular formula is C16H12O2. The van der Waals surface area contributed by atoms with Gasteiger partial charge >= 0.3 is 5.97 Å². The molecule has 3 aromatic rings. The van der Waals surface area contributed by atoms with Gasteiger partial charge in [0.1, 0.15) is 0 Å². The molecule has 0 bridgehead atoms. The van der Waals surface area contributed by atoms with Gasteiger partial charge in [-0.25, -0.2) is 4.79 Å². The molecule has 0 atom stereocenters. The molecule has 0 aliphatic heterocycles. The van der Waals surface area contributed by atoms with E-state index in [0.717, 1.165) is 16.2 Å². The smallest absolute Gasteiger partial charge is 0.338 e. The van der Waals surface area contributed by atoms with E-state index in [-0.39, 0.29) is 5.97 Å². The molecule has 0 aliphatic carbocycles. The van der Waals surface area contributed by atoms with E-state index in [4.69, 9.17) is 4.74 Å². The highest BCUT2D eigenvalue weighted by molar-refractivity contribution is 6.14. The first kappa shape index (κ1) is 10.8. The normalized spacial score (nSPS) is 10.7. The van der Waals surface area contributed by atoms with Crippen molar-refractivity contribution >= 4 is 27.5 Å². The third-order valence-corrected chi connectivity index (χ3v) is 3.19. The van der Waals surface area contributed by atoms with E-state index in [2.05, 4.69) is 12.1 Å². The van der Waals surface area contributed by atoms with Gasteiger partial charge in [0.15, 0.2) is 0 Å². The minimum Gasteiger partial charge on any atom is -0.465 e. The quantitative estimate of drug-likeness (QED) is 0.474. The van der Waals surface area contributed by atoms with Crippen LogP contribution in [-0.4, -0.2) is 13.1 Å². The maximum Gasteiger partial charge on any atom is 0.338 e. The Balaban J connectivity index is 2.43. The number of carbonyl (C=O) groups excluding carboxylic acids is 1. The minimum absolute atomic E-state index is 0.295. The van der Waals surface area contributed by atoms with Gasteiger partial charge in [-0.05, 0) is 27.6 Å². The first-order valence-electron chi connectivity index (χ1n) is 5.80. The van der Waals surface area contributed by atoms with Crippen molar-refractivity contribution in [3.63, 3.8) is 0 Å². The van der Waals surface area contributed by atoms with Crippen LogP contribution in [0.15, 0.2) is 54.6 Å². The molecule has 18 heavy (non-hydrogen) atoms. The van der Waals surface area contributed by atoms with E-state index < -0.39 is 0 Å². The number of methoxy groups -OCH3 is 1. The van der Waals surface area contributed by atoms with E-state index in [0.29, 0.717) is 5.56 Å². The Hall–Kier alpha value is -2.35. The molecule has 0 radical (unpaired) electrons. The summed E-state index contributed by atoms with van der Waals surface area (Å²) in [7, 11) is 1.40. The van der Waals surface area contributed by atoms with Gasteiger partial charge in [0, 0.05) is 0 Å². The average Bonchev–Trinajstić information content (AvgIpc) is 2.45. The number of hydrogen-bond acceptors (Lipinski definition) is 2. The number of fused-ring (bicyclic) bond motifs is 3. The summed E-state index contributed by atoms with van der Waals surface area (Å²) >= 11 is 0. The van der Waals surface area contributed by atoms with Crippen LogP contribution in [0.25, 0.3) is 21.5 Å². The summed E-state index contributed by atoms with van der Waals surface area (Å²) in [6.45, 7) is 0. The predicted molar refractivity (Wildman–Crippen MR) is 72.8 cm³/mol. The second-order valence-corrected chi connectivity index (χ2v) is 4.18. The summed E-state index contributed by atoms with van der Waals surface area (Å²) in [6, 6.07) is 17.9. The first-order chi connectivity index (χ1) is 8.81. The molecule has 0 aromatic heterocycles. The highest BCUT2D eigenvalue weighted by Crippen LogP contribution is 2.27. The highest BCUT2D eigenvalue weighted by atomic mass is 16.5.